The second-order valence-electron chi connectivity index (χ2n) is 15.1. The van der Waals surface area contributed by atoms with Gasteiger partial charge in [0.15, 0.2) is 5.96 Å². The fraction of sp³-hybridized carbons (Fsp3) is 0.488. The van der Waals surface area contributed by atoms with Gasteiger partial charge in [-0.3, -0.25) is 34.4 Å². The molecule has 3 aromatic rings. The third-order valence-electron chi connectivity index (χ3n) is 10.1. The third-order valence-corrected chi connectivity index (χ3v) is 10.1. The molecule has 1 fully saturated rings. The van der Waals surface area contributed by atoms with Gasteiger partial charge in [0.05, 0.1) is 0 Å². The molecular weight excluding hydrogens is 743 g/mol. The quantitative estimate of drug-likeness (QED) is 0.0367. The first-order valence-corrected chi connectivity index (χ1v) is 20.0. The summed E-state index contributed by atoms with van der Waals surface area (Å²) in [6, 6.07) is 11.5. The van der Waals surface area contributed by atoms with Crippen molar-refractivity contribution in [2.45, 2.75) is 102 Å². The van der Waals surface area contributed by atoms with Crippen molar-refractivity contribution in [2.75, 3.05) is 13.6 Å². The van der Waals surface area contributed by atoms with Crippen molar-refractivity contribution in [2.24, 2.45) is 28.3 Å². The van der Waals surface area contributed by atoms with Crippen LogP contribution in [0.2, 0.25) is 0 Å². The van der Waals surface area contributed by atoms with E-state index in [-0.39, 0.29) is 49.4 Å². The van der Waals surface area contributed by atoms with E-state index in [1.54, 1.807) is 6.20 Å². The van der Waals surface area contributed by atoms with E-state index in [4.69, 9.17) is 11.5 Å². The van der Waals surface area contributed by atoms with Gasteiger partial charge in [0.1, 0.15) is 24.2 Å². The zero-order valence-electron chi connectivity index (χ0n) is 33.6. The largest absolute Gasteiger partial charge is 0.370 e. The van der Waals surface area contributed by atoms with Gasteiger partial charge in [-0.1, -0.05) is 81.6 Å². The maximum absolute atomic E-state index is 13.8. The summed E-state index contributed by atoms with van der Waals surface area (Å²) >= 11 is 0. The van der Waals surface area contributed by atoms with E-state index < -0.39 is 53.8 Å². The number of para-hydroxylation sites is 1. The summed E-state index contributed by atoms with van der Waals surface area (Å²) in [5, 5.41) is 14.7. The molecule has 2 aromatic carbocycles. The monoisotopic (exact) mass is 801 g/mol. The Labute approximate surface area is 339 Å². The summed E-state index contributed by atoms with van der Waals surface area (Å²) in [5.74, 6) is -2.95. The molecule has 7 amide bonds. The summed E-state index contributed by atoms with van der Waals surface area (Å²) in [6.07, 6.45) is 7.23. The molecule has 0 saturated heterocycles. The predicted octanol–water partition coefficient (Wildman–Crippen LogP) is 1.53. The number of benzene rings is 2. The summed E-state index contributed by atoms with van der Waals surface area (Å²) in [6.45, 7) is 4.06. The molecule has 1 aliphatic carbocycles. The normalized spacial score (nSPS) is 15.3. The number of nitrogens with zero attached hydrogens (tertiary/aromatic N) is 1. The molecule has 1 aromatic heterocycles. The van der Waals surface area contributed by atoms with Crippen LogP contribution in [0.3, 0.4) is 0 Å². The van der Waals surface area contributed by atoms with Gasteiger partial charge in [0, 0.05) is 49.5 Å². The Morgan fingerprint density at radius 2 is 1.43 bits per heavy atom. The van der Waals surface area contributed by atoms with Gasteiger partial charge in [-0.15, -0.1) is 0 Å². The first-order valence-electron chi connectivity index (χ1n) is 20.0. The Hall–Kier alpha value is -6.13. The number of carbonyl (C=O) groups is 6. The van der Waals surface area contributed by atoms with E-state index in [0.717, 1.165) is 54.1 Å². The molecule has 58 heavy (non-hydrogen) atoms. The summed E-state index contributed by atoms with van der Waals surface area (Å²) in [7, 11) is 1.53. The molecule has 0 radical (unpaired) electrons. The fourth-order valence-electron chi connectivity index (χ4n) is 6.97. The van der Waals surface area contributed by atoms with Gasteiger partial charge in [0.25, 0.3) is 5.91 Å². The van der Waals surface area contributed by atoms with E-state index in [0.29, 0.717) is 13.0 Å². The molecule has 4 rings (SSSR count). The predicted molar refractivity (Wildman–Crippen MR) is 222 cm³/mol. The number of aromatic nitrogens is 1. The molecule has 12 N–H and O–H groups in total. The first kappa shape index (κ1) is 44.6. The van der Waals surface area contributed by atoms with Crippen LogP contribution in [-0.4, -0.2) is 84.3 Å². The van der Waals surface area contributed by atoms with Crippen LogP contribution in [0.5, 0.6) is 0 Å². The second-order valence-corrected chi connectivity index (χ2v) is 15.1. The SMILES string of the molecule is CN=C(N)NCCC[C@H](NC(=O)[C@H](CC(C)C)NC(=O)NNC(=O)[C@H](Cc1ccccc1)NC(=O)C1CCCCC1)C(=O)N[C@@H](Cc1c[nH]c2ccccc12)C(N)=O. The highest BCUT2D eigenvalue weighted by Crippen LogP contribution is 2.24. The summed E-state index contributed by atoms with van der Waals surface area (Å²) in [4.78, 5) is 87.0. The van der Waals surface area contributed by atoms with E-state index in [1.165, 1.54) is 7.05 Å². The van der Waals surface area contributed by atoms with Crippen LogP contribution >= 0.6 is 0 Å². The Morgan fingerprint density at radius 1 is 0.759 bits per heavy atom. The van der Waals surface area contributed by atoms with Crippen molar-refractivity contribution in [1.29, 1.82) is 0 Å². The standard InChI is InChI=1S/C41H59N11O6/c1-25(2)21-33(50-41(58)52-51-39(57)34(22-26-13-6-4-7-14-26)49-36(54)27-15-8-5-9-16-27)38(56)47-31(19-12-20-45-40(43)44-3)37(55)48-32(35(42)53)23-28-24-46-30-18-11-10-17-29(28)30/h4,6-7,10-11,13-14,17-18,24-25,27,31-34,46H,5,8-9,12,15-16,19-23H2,1-3H3,(H2,42,53)(H,47,56)(H,48,55)(H,49,54)(H,51,57)(H3,43,44,45)(H2,50,52,58)/t31-,32-,33-,34-/m0/s1. The van der Waals surface area contributed by atoms with Crippen molar-refractivity contribution >= 4 is 52.4 Å². The smallest absolute Gasteiger partial charge is 0.334 e. The van der Waals surface area contributed by atoms with Gasteiger partial charge < -0.3 is 43.0 Å². The van der Waals surface area contributed by atoms with Gasteiger partial charge in [-0.25, -0.2) is 10.2 Å². The molecule has 1 aliphatic rings. The number of fused-ring (bicyclic) bond motifs is 1. The average Bonchev–Trinajstić information content (AvgIpc) is 3.62. The van der Waals surface area contributed by atoms with Crippen LogP contribution < -0.4 is 48.9 Å². The molecule has 1 saturated carbocycles. The van der Waals surface area contributed by atoms with E-state index in [2.05, 4.69) is 47.4 Å². The molecule has 1 heterocycles. The van der Waals surface area contributed by atoms with Crippen molar-refractivity contribution in [3.05, 3.63) is 71.9 Å². The Kier molecular flexibility index (Phi) is 17.3. The number of nitrogens with two attached hydrogens (primary N) is 2. The zero-order valence-corrected chi connectivity index (χ0v) is 33.6. The van der Waals surface area contributed by atoms with Crippen LogP contribution in [0.1, 0.15) is 76.3 Å². The number of nitrogens with one attached hydrogen (secondary N) is 8. The van der Waals surface area contributed by atoms with Crippen molar-refractivity contribution in [3.63, 3.8) is 0 Å². The van der Waals surface area contributed by atoms with E-state index in [9.17, 15) is 28.8 Å². The number of guanidine groups is 1. The number of primary amides is 1. The van der Waals surface area contributed by atoms with Crippen LogP contribution in [0.15, 0.2) is 65.8 Å². The van der Waals surface area contributed by atoms with Crippen molar-refractivity contribution < 1.29 is 28.8 Å². The van der Waals surface area contributed by atoms with Gasteiger partial charge in [-0.05, 0) is 55.2 Å². The number of hydrogen-bond donors (Lipinski definition) is 10. The van der Waals surface area contributed by atoms with Crippen molar-refractivity contribution in [3.8, 4) is 0 Å². The number of urea groups is 1. The minimum absolute atomic E-state index is 0.0703. The number of carbonyl (C=O) groups excluding carboxylic acids is 6. The van der Waals surface area contributed by atoms with Crippen molar-refractivity contribution in [1.82, 2.24) is 42.4 Å². The molecule has 0 unspecified atom stereocenters. The minimum atomic E-state index is -1.13. The molecule has 0 spiro atoms. The lowest BCUT2D eigenvalue weighted by Gasteiger charge is -2.26. The lowest BCUT2D eigenvalue weighted by atomic mass is 9.88. The summed E-state index contributed by atoms with van der Waals surface area (Å²) in [5.41, 5.74) is 18.7. The molecule has 0 bridgehead atoms. The van der Waals surface area contributed by atoms with Crippen LogP contribution in [0, 0.1) is 11.8 Å². The van der Waals surface area contributed by atoms with Crippen LogP contribution in [-0.2, 0) is 36.8 Å². The Morgan fingerprint density at radius 3 is 2.12 bits per heavy atom. The van der Waals surface area contributed by atoms with Gasteiger partial charge >= 0.3 is 6.03 Å². The fourth-order valence-corrected chi connectivity index (χ4v) is 6.97. The number of H-pyrrole nitrogens is 1. The molecule has 0 aliphatic heterocycles. The number of rotatable bonds is 19. The number of hydrogen-bond acceptors (Lipinski definition) is 7. The molecule has 4 atom stereocenters. The van der Waals surface area contributed by atoms with Gasteiger partial charge in [0.2, 0.25) is 23.6 Å². The third kappa shape index (κ3) is 14.1. The van der Waals surface area contributed by atoms with Crippen LogP contribution in [0.4, 0.5) is 4.79 Å². The number of amides is 7. The first-order chi connectivity index (χ1) is 27.8. The Balaban J connectivity index is 1.42. The summed E-state index contributed by atoms with van der Waals surface area (Å²) < 4.78 is 0. The maximum Gasteiger partial charge on any atom is 0.334 e. The highest BCUT2D eigenvalue weighted by atomic mass is 16.2. The molecular formula is C41H59N11O6. The van der Waals surface area contributed by atoms with E-state index in [1.807, 2.05) is 68.4 Å². The zero-order chi connectivity index (χ0) is 42.0. The Bertz CT molecular complexity index is 1880. The highest BCUT2D eigenvalue weighted by molar-refractivity contribution is 5.95. The average molecular weight is 802 g/mol. The number of hydrazine groups is 1. The lowest BCUT2D eigenvalue weighted by Crippen LogP contribution is -2.60. The minimum Gasteiger partial charge on any atom is -0.370 e. The molecule has 314 valence electrons. The molecule has 17 heteroatoms. The lowest BCUT2D eigenvalue weighted by molar-refractivity contribution is -0.132. The van der Waals surface area contributed by atoms with Crippen LogP contribution in [0.25, 0.3) is 10.9 Å². The topological polar surface area (TPSA) is 267 Å². The maximum atomic E-state index is 13.8. The number of aromatic amines is 1. The molecule has 17 nitrogen and oxygen atoms in total. The van der Waals surface area contributed by atoms with Gasteiger partial charge in [-0.2, -0.15) is 0 Å². The number of aliphatic imine (C=N–C) groups is 1. The second kappa shape index (κ2) is 22.6. The highest BCUT2D eigenvalue weighted by Gasteiger charge is 2.31. The van der Waals surface area contributed by atoms with E-state index >= 15 is 0 Å².